The van der Waals surface area contributed by atoms with Crippen molar-refractivity contribution in [3.05, 3.63) is 24.8 Å². The van der Waals surface area contributed by atoms with Crippen LogP contribution in [0.15, 0.2) is 24.8 Å². The number of urea groups is 1. The summed E-state index contributed by atoms with van der Waals surface area (Å²) in [5.74, 6) is -1.14. The Kier molecular flexibility index (Phi) is 3.60. The van der Waals surface area contributed by atoms with Crippen LogP contribution in [-0.2, 0) is 9.59 Å². The van der Waals surface area contributed by atoms with Gasteiger partial charge < -0.3 is 0 Å². The minimum atomic E-state index is -1.25. The van der Waals surface area contributed by atoms with Crippen LogP contribution >= 0.6 is 0 Å². The first kappa shape index (κ1) is 12.2. The highest BCUT2D eigenvalue weighted by molar-refractivity contribution is 6.19. The molecule has 1 rings (SSSR count). The van der Waals surface area contributed by atoms with E-state index in [0.717, 1.165) is 0 Å². The van der Waals surface area contributed by atoms with Gasteiger partial charge in [0, 0.05) is 0 Å². The van der Waals surface area contributed by atoms with Crippen molar-refractivity contribution in [2.45, 2.75) is 19.8 Å². The van der Waals surface area contributed by atoms with E-state index >= 15 is 0 Å². The fraction of sp³-hybridized carbons (Fsp3) is 0.364. The summed E-state index contributed by atoms with van der Waals surface area (Å²) in [6.45, 7) is 5.32. The Hall–Kier alpha value is -1.91. The molecule has 1 heterocycles. The predicted octanol–water partition coefficient (Wildman–Crippen LogP) is 0.881. The van der Waals surface area contributed by atoms with E-state index in [1.54, 1.807) is 19.1 Å². The van der Waals surface area contributed by atoms with Crippen molar-refractivity contribution in [2.75, 3.05) is 0 Å². The van der Waals surface area contributed by atoms with Gasteiger partial charge in [-0.25, -0.2) is 4.79 Å². The summed E-state index contributed by atoms with van der Waals surface area (Å²) in [7, 11) is 0. The molecule has 5 nitrogen and oxygen atoms in total. The second-order valence-electron chi connectivity index (χ2n) is 3.59. The lowest BCUT2D eigenvalue weighted by molar-refractivity contribution is -0.144. The van der Waals surface area contributed by atoms with Gasteiger partial charge in [0.25, 0.3) is 0 Å². The van der Waals surface area contributed by atoms with Crippen molar-refractivity contribution in [2.24, 2.45) is 5.41 Å². The molecule has 0 radical (unpaired) electrons. The molecule has 16 heavy (non-hydrogen) atoms. The molecule has 4 amide bonds. The third kappa shape index (κ3) is 2.03. The zero-order chi connectivity index (χ0) is 12.2. The third-order valence-electron chi connectivity index (χ3n) is 2.52. The third-order valence-corrected chi connectivity index (χ3v) is 2.52. The normalized spacial score (nSPS) is 19.4. The summed E-state index contributed by atoms with van der Waals surface area (Å²) in [6, 6.07) is -0.768. The van der Waals surface area contributed by atoms with Gasteiger partial charge in [0.1, 0.15) is 5.41 Å². The van der Waals surface area contributed by atoms with Gasteiger partial charge in [0.2, 0.25) is 11.8 Å². The standard InChI is InChI=1S/C11H14N2O3/c1-3-5-7-11(6-4-2)8(14)12-10(16)13-9(11)15/h3-5H,2,6-7H2,1H3,(H2,12,13,14,15,16). The highest BCUT2D eigenvalue weighted by Gasteiger charge is 2.48. The van der Waals surface area contributed by atoms with E-state index in [1.807, 2.05) is 0 Å². The van der Waals surface area contributed by atoms with Gasteiger partial charge in [0.05, 0.1) is 0 Å². The first-order chi connectivity index (χ1) is 7.56. The first-order valence-electron chi connectivity index (χ1n) is 4.95. The van der Waals surface area contributed by atoms with Gasteiger partial charge in [-0.15, -0.1) is 6.58 Å². The van der Waals surface area contributed by atoms with E-state index in [-0.39, 0.29) is 12.8 Å². The molecule has 1 aliphatic heterocycles. The number of carbonyl (C=O) groups excluding carboxylic acids is 3. The fourth-order valence-electron chi connectivity index (χ4n) is 1.60. The molecular formula is C11H14N2O3. The van der Waals surface area contributed by atoms with E-state index < -0.39 is 23.3 Å². The van der Waals surface area contributed by atoms with E-state index in [4.69, 9.17) is 0 Å². The molecule has 1 fully saturated rings. The number of hydrogen-bond donors (Lipinski definition) is 2. The summed E-state index contributed by atoms with van der Waals surface area (Å²) >= 11 is 0. The molecular weight excluding hydrogens is 208 g/mol. The molecule has 0 aliphatic carbocycles. The molecule has 0 bridgehead atoms. The van der Waals surface area contributed by atoms with E-state index in [0.29, 0.717) is 0 Å². The van der Waals surface area contributed by atoms with E-state index in [1.165, 1.54) is 6.08 Å². The first-order valence-corrected chi connectivity index (χ1v) is 4.95. The summed E-state index contributed by atoms with van der Waals surface area (Å²) in [6.07, 6.45) is 5.42. The van der Waals surface area contributed by atoms with Crippen molar-refractivity contribution < 1.29 is 14.4 Å². The molecule has 1 aliphatic rings. The predicted molar refractivity (Wildman–Crippen MR) is 58.4 cm³/mol. The molecule has 86 valence electrons. The zero-order valence-corrected chi connectivity index (χ0v) is 9.08. The smallest absolute Gasteiger partial charge is 0.277 e. The number of imide groups is 2. The molecule has 0 aromatic carbocycles. The van der Waals surface area contributed by atoms with Crippen LogP contribution in [0, 0.1) is 5.41 Å². The van der Waals surface area contributed by atoms with Gasteiger partial charge in [-0.2, -0.15) is 0 Å². The lowest BCUT2D eigenvalue weighted by atomic mass is 9.78. The summed E-state index contributed by atoms with van der Waals surface area (Å²) in [5.41, 5.74) is -1.25. The fourth-order valence-corrected chi connectivity index (χ4v) is 1.60. The largest absolute Gasteiger partial charge is 0.328 e. The van der Waals surface area contributed by atoms with Crippen molar-refractivity contribution in [3.8, 4) is 0 Å². The molecule has 0 aromatic rings. The van der Waals surface area contributed by atoms with Gasteiger partial charge in [-0.05, 0) is 19.8 Å². The average Bonchev–Trinajstić information content (AvgIpc) is 2.22. The summed E-state index contributed by atoms with van der Waals surface area (Å²) < 4.78 is 0. The highest BCUT2D eigenvalue weighted by atomic mass is 16.2. The SMILES string of the molecule is C=CCC1(CC=CC)C(=O)NC(=O)NC1=O. The van der Waals surface area contributed by atoms with Gasteiger partial charge >= 0.3 is 6.03 Å². The van der Waals surface area contributed by atoms with Crippen molar-refractivity contribution in [1.29, 1.82) is 0 Å². The topological polar surface area (TPSA) is 75.3 Å². The highest BCUT2D eigenvalue weighted by Crippen LogP contribution is 2.30. The molecule has 0 spiro atoms. The summed E-state index contributed by atoms with van der Waals surface area (Å²) in [5, 5.41) is 4.21. The van der Waals surface area contributed by atoms with E-state index in [2.05, 4.69) is 17.2 Å². The Morgan fingerprint density at radius 2 is 1.75 bits per heavy atom. The molecule has 2 N–H and O–H groups in total. The van der Waals surface area contributed by atoms with Crippen LogP contribution < -0.4 is 10.6 Å². The Labute approximate surface area is 93.6 Å². The number of amides is 4. The van der Waals surface area contributed by atoms with Gasteiger partial charge in [-0.1, -0.05) is 18.2 Å². The Balaban J connectivity index is 3.05. The van der Waals surface area contributed by atoms with Gasteiger partial charge in [-0.3, -0.25) is 20.2 Å². The number of nitrogens with one attached hydrogen (secondary N) is 2. The monoisotopic (exact) mass is 222 g/mol. The minimum absolute atomic E-state index is 0.197. The van der Waals surface area contributed by atoms with Crippen LogP contribution in [-0.4, -0.2) is 17.8 Å². The lowest BCUT2D eigenvalue weighted by Crippen LogP contribution is -2.62. The average molecular weight is 222 g/mol. The lowest BCUT2D eigenvalue weighted by Gasteiger charge is -2.32. The van der Waals surface area contributed by atoms with Crippen LogP contribution in [0.2, 0.25) is 0 Å². The Bertz CT molecular complexity index is 351. The quantitative estimate of drug-likeness (QED) is 0.547. The minimum Gasteiger partial charge on any atom is -0.277 e. The maximum atomic E-state index is 11.8. The van der Waals surface area contributed by atoms with Crippen molar-refractivity contribution in [3.63, 3.8) is 0 Å². The molecule has 5 heteroatoms. The van der Waals surface area contributed by atoms with Crippen molar-refractivity contribution in [1.82, 2.24) is 10.6 Å². The number of hydrogen-bond acceptors (Lipinski definition) is 3. The maximum Gasteiger partial charge on any atom is 0.328 e. The molecule has 0 atom stereocenters. The van der Waals surface area contributed by atoms with Crippen molar-refractivity contribution >= 4 is 17.8 Å². The van der Waals surface area contributed by atoms with Crippen LogP contribution in [0.25, 0.3) is 0 Å². The number of barbiturate groups is 1. The molecule has 1 saturated heterocycles. The van der Waals surface area contributed by atoms with Crippen LogP contribution in [0.4, 0.5) is 4.79 Å². The second kappa shape index (κ2) is 4.74. The number of carbonyl (C=O) groups is 3. The van der Waals surface area contributed by atoms with Gasteiger partial charge in [0.15, 0.2) is 0 Å². The molecule has 0 aromatic heterocycles. The molecule has 0 saturated carbocycles. The summed E-state index contributed by atoms with van der Waals surface area (Å²) in [4.78, 5) is 34.5. The Morgan fingerprint density at radius 3 is 2.19 bits per heavy atom. The zero-order valence-electron chi connectivity index (χ0n) is 9.08. The Morgan fingerprint density at radius 1 is 1.19 bits per heavy atom. The second-order valence-corrected chi connectivity index (χ2v) is 3.59. The maximum absolute atomic E-state index is 11.8. The molecule has 0 unspecified atom stereocenters. The van der Waals surface area contributed by atoms with Crippen LogP contribution in [0.5, 0.6) is 0 Å². The number of rotatable bonds is 4. The van der Waals surface area contributed by atoms with Crippen LogP contribution in [0.3, 0.4) is 0 Å². The van der Waals surface area contributed by atoms with Crippen LogP contribution in [0.1, 0.15) is 19.8 Å². The number of allylic oxidation sites excluding steroid dienone is 3. The van der Waals surface area contributed by atoms with E-state index in [9.17, 15) is 14.4 Å².